The number of aromatic nitrogens is 2. The Bertz CT molecular complexity index is 1230. The third-order valence-corrected chi connectivity index (χ3v) is 10.5. The summed E-state index contributed by atoms with van der Waals surface area (Å²) in [6, 6.07) is 7.54. The van der Waals surface area contributed by atoms with Gasteiger partial charge in [-0.1, -0.05) is 32.6 Å². The van der Waals surface area contributed by atoms with Crippen molar-refractivity contribution in [2.45, 2.75) is 108 Å². The molecule has 2 atom stereocenters. The second kappa shape index (κ2) is 13.5. The first-order valence-corrected chi connectivity index (χ1v) is 16.6. The number of hydrogen-bond acceptors (Lipinski definition) is 7. The van der Waals surface area contributed by atoms with E-state index < -0.39 is 17.7 Å². The van der Waals surface area contributed by atoms with E-state index in [0.29, 0.717) is 19.4 Å². The van der Waals surface area contributed by atoms with Crippen molar-refractivity contribution in [2.24, 2.45) is 5.92 Å². The van der Waals surface area contributed by atoms with Crippen LogP contribution in [-0.4, -0.2) is 80.9 Å². The lowest BCUT2D eigenvalue weighted by Gasteiger charge is -2.52. The van der Waals surface area contributed by atoms with Gasteiger partial charge in [-0.3, -0.25) is 19.2 Å². The van der Waals surface area contributed by atoms with Crippen LogP contribution in [0.2, 0.25) is 0 Å². The van der Waals surface area contributed by atoms with E-state index >= 15 is 0 Å². The highest BCUT2D eigenvalue weighted by Crippen LogP contribution is 2.37. The molecule has 1 aromatic heterocycles. The maximum atomic E-state index is 13.9. The Morgan fingerprint density at radius 3 is 2.45 bits per heavy atom. The molecular formula is C32H48N6O3S. The number of aliphatic hydroxyl groups is 1. The van der Waals surface area contributed by atoms with Crippen molar-refractivity contribution < 1.29 is 14.7 Å². The molecular weight excluding hydrogens is 548 g/mol. The second-order valence-corrected chi connectivity index (χ2v) is 13.4. The molecule has 1 aliphatic carbocycles. The molecule has 3 aliphatic rings. The van der Waals surface area contributed by atoms with Crippen LogP contribution in [0.4, 0.5) is 0 Å². The molecule has 1 saturated carbocycles. The Hall–Kier alpha value is -2.40. The summed E-state index contributed by atoms with van der Waals surface area (Å²) < 4.78 is 5.12. The fraction of sp³-hybridized carbons (Fsp3) is 0.656. The Kier molecular flexibility index (Phi) is 9.97. The lowest BCUT2D eigenvalue weighted by Crippen LogP contribution is -2.75. The third kappa shape index (κ3) is 6.14. The highest BCUT2D eigenvalue weighted by atomic mass is 32.2. The summed E-state index contributed by atoms with van der Waals surface area (Å²) in [6.07, 6.45) is 7.35. The molecule has 2 amide bonds. The average Bonchev–Trinajstić information content (AvgIpc) is 3.29. The predicted molar refractivity (Wildman–Crippen MR) is 166 cm³/mol. The standard InChI is InChI=1S/C32H48N6O3S/c1-5-6-18-37-30(40)28(29(39)24-10-8-7-9-11-24)34-31(41)32(37)16-19-36(20-17-32)21-27-22(2)35-38(23(27)3)25-12-14-26(15-13-25)42-33-4/h12-15,24,28-29,33,39H,5-11,16-21H2,1-4H3,(H,34,41)/t28-,29-/m1/s1. The highest BCUT2D eigenvalue weighted by Gasteiger charge is 2.55. The van der Waals surface area contributed by atoms with Crippen LogP contribution in [0.1, 0.15) is 81.7 Å². The van der Waals surface area contributed by atoms with Crippen molar-refractivity contribution in [3.05, 3.63) is 41.2 Å². The first-order valence-electron chi connectivity index (χ1n) is 15.8. The molecule has 0 unspecified atom stereocenters. The van der Waals surface area contributed by atoms with Gasteiger partial charge in [0.2, 0.25) is 11.8 Å². The maximum absolute atomic E-state index is 13.9. The van der Waals surface area contributed by atoms with Crippen LogP contribution < -0.4 is 10.0 Å². The summed E-state index contributed by atoms with van der Waals surface area (Å²) in [5, 5.41) is 19.1. The number of nitrogens with one attached hydrogen (secondary N) is 2. The Balaban J connectivity index is 1.28. The second-order valence-electron chi connectivity index (χ2n) is 12.4. The first-order chi connectivity index (χ1) is 20.3. The number of unbranched alkanes of at least 4 members (excludes halogenated alkanes) is 1. The summed E-state index contributed by atoms with van der Waals surface area (Å²) in [7, 11) is 1.91. The van der Waals surface area contributed by atoms with E-state index in [-0.39, 0.29) is 17.7 Å². The van der Waals surface area contributed by atoms with Gasteiger partial charge >= 0.3 is 0 Å². The lowest BCUT2D eigenvalue weighted by molar-refractivity contribution is -0.166. The number of piperazine rings is 1. The summed E-state index contributed by atoms with van der Waals surface area (Å²) >= 11 is 1.58. The van der Waals surface area contributed by atoms with E-state index in [4.69, 9.17) is 5.10 Å². The summed E-state index contributed by atoms with van der Waals surface area (Å²) in [4.78, 5) is 33.1. The number of piperidine rings is 1. The molecule has 2 aromatic rings. The summed E-state index contributed by atoms with van der Waals surface area (Å²) in [6.45, 7) is 9.06. The zero-order valence-corrected chi connectivity index (χ0v) is 26.5. The molecule has 2 aliphatic heterocycles. The van der Waals surface area contributed by atoms with Crippen LogP contribution in [0.25, 0.3) is 5.69 Å². The van der Waals surface area contributed by atoms with Gasteiger partial charge in [0, 0.05) is 42.3 Å². The maximum Gasteiger partial charge on any atom is 0.248 e. The van der Waals surface area contributed by atoms with Gasteiger partial charge < -0.3 is 15.3 Å². The minimum Gasteiger partial charge on any atom is -0.390 e. The monoisotopic (exact) mass is 596 g/mol. The number of rotatable bonds is 10. The molecule has 42 heavy (non-hydrogen) atoms. The molecule has 1 spiro atoms. The number of likely N-dealkylation sites (tertiary alicyclic amines) is 1. The van der Waals surface area contributed by atoms with E-state index in [1.165, 1.54) is 12.0 Å². The van der Waals surface area contributed by atoms with Crippen molar-refractivity contribution in [1.29, 1.82) is 0 Å². The van der Waals surface area contributed by atoms with E-state index in [1.807, 2.05) is 16.6 Å². The van der Waals surface area contributed by atoms with Gasteiger partial charge in [-0.15, -0.1) is 0 Å². The average molecular weight is 597 g/mol. The van der Waals surface area contributed by atoms with Gasteiger partial charge in [-0.2, -0.15) is 5.10 Å². The Morgan fingerprint density at radius 2 is 1.81 bits per heavy atom. The van der Waals surface area contributed by atoms with Gasteiger partial charge in [0.05, 0.1) is 17.5 Å². The number of nitrogens with zero attached hydrogens (tertiary/aromatic N) is 4. The number of hydrogen-bond donors (Lipinski definition) is 3. The fourth-order valence-electron chi connectivity index (χ4n) is 7.19. The van der Waals surface area contributed by atoms with Crippen LogP contribution in [0.15, 0.2) is 29.2 Å². The molecule has 2 saturated heterocycles. The number of benzene rings is 1. The largest absolute Gasteiger partial charge is 0.390 e. The van der Waals surface area contributed by atoms with Crippen molar-refractivity contribution in [2.75, 3.05) is 26.7 Å². The molecule has 3 N–H and O–H groups in total. The van der Waals surface area contributed by atoms with Gasteiger partial charge in [0.25, 0.3) is 0 Å². The van der Waals surface area contributed by atoms with Crippen molar-refractivity contribution >= 4 is 23.8 Å². The van der Waals surface area contributed by atoms with Crippen LogP contribution in [-0.2, 0) is 16.1 Å². The normalized spacial score (nSPS) is 22.5. The molecule has 1 aromatic carbocycles. The Morgan fingerprint density at radius 1 is 1.12 bits per heavy atom. The van der Waals surface area contributed by atoms with Crippen LogP contribution in [0, 0.1) is 19.8 Å². The van der Waals surface area contributed by atoms with E-state index in [0.717, 1.165) is 80.1 Å². The zero-order valence-electron chi connectivity index (χ0n) is 25.7. The number of carbonyl (C=O) groups excluding carboxylic acids is 2. The molecule has 230 valence electrons. The third-order valence-electron chi connectivity index (χ3n) is 9.77. The summed E-state index contributed by atoms with van der Waals surface area (Å²) in [5.41, 5.74) is 3.54. The minimum absolute atomic E-state index is 0.0782. The first kappa shape index (κ1) is 31.0. The highest BCUT2D eigenvalue weighted by molar-refractivity contribution is 7.97. The van der Waals surface area contributed by atoms with E-state index in [1.54, 1.807) is 11.9 Å². The molecule has 5 rings (SSSR count). The Labute approximate surface area is 254 Å². The SMILES string of the molecule is CCCCN1C(=O)[C@@H]([C@H](O)C2CCCCC2)NC(=O)C12CCN(Cc1c(C)nn(-c3ccc(SNC)cc3)c1C)CC2. The van der Waals surface area contributed by atoms with Gasteiger partial charge in [-0.05, 0) is 95.1 Å². The topological polar surface area (TPSA) is 103 Å². The van der Waals surface area contributed by atoms with Gasteiger partial charge in [-0.25, -0.2) is 4.68 Å². The number of carbonyl (C=O) groups is 2. The minimum atomic E-state index is -0.840. The number of aryl methyl sites for hydroxylation is 1. The van der Waals surface area contributed by atoms with Crippen molar-refractivity contribution in [3.8, 4) is 5.69 Å². The predicted octanol–water partition coefficient (Wildman–Crippen LogP) is 4.12. The summed E-state index contributed by atoms with van der Waals surface area (Å²) in [5.74, 6) is -0.103. The van der Waals surface area contributed by atoms with Crippen LogP contribution in [0.5, 0.6) is 0 Å². The van der Waals surface area contributed by atoms with Crippen LogP contribution >= 0.6 is 11.9 Å². The fourth-order valence-corrected chi connectivity index (χ4v) is 7.70. The molecule has 10 heteroatoms. The molecule has 0 radical (unpaired) electrons. The van der Waals surface area contributed by atoms with Gasteiger partial charge in [0.15, 0.2) is 0 Å². The van der Waals surface area contributed by atoms with Crippen molar-refractivity contribution in [1.82, 2.24) is 29.6 Å². The van der Waals surface area contributed by atoms with E-state index in [9.17, 15) is 14.7 Å². The lowest BCUT2D eigenvalue weighted by atomic mass is 9.78. The van der Waals surface area contributed by atoms with Crippen molar-refractivity contribution in [3.63, 3.8) is 0 Å². The molecule has 3 heterocycles. The van der Waals surface area contributed by atoms with E-state index in [2.05, 4.69) is 60.0 Å². The molecule has 0 bridgehead atoms. The molecule has 3 fully saturated rings. The zero-order chi connectivity index (χ0) is 29.9. The smallest absolute Gasteiger partial charge is 0.248 e. The molecule has 9 nitrogen and oxygen atoms in total. The quantitative estimate of drug-likeness (QED) is 0.355. The van der Waals surface area contributed by atoms with Crippen LogP contribution in [0.3, 0.4) is 0 Å². The van der Waals surface area contributed by atoms with Gasteiger partial charge in [0.1, 0.15) is 11.6 Å². The number of amides is 2. The number of aliphatic hydroxyl groups excluding tert-OH is 1.